The Hall–Kier alpha value is -2.41. The molecule has 0 spiro atoms. The van der Waals surface area contributed by atoms with Gasteiger partial charge in [-0.15, -0.1) is 0 Å². The molecule has 0 bridgehead atoms. The summed E-state index contributed by atoms with van der Waals surface area (Å²) in [6.07, 6.45) is 4.47. The van der Waals surface area contributed by atoms with Gasteiger partial charge in [-0.25, -0.2) is 0 Å². The van der Waals surface area contributed by atoms with Crippen molar-refractivity contribution in [2.45, 2.75) is 37.8 Å². The van der Waals surface area contributed by atoms with Crippen LogP contribution in [0.15, 0.2) is 45.8 Å². The molecule has 27 heavy (non-hydrogen) atoms. The van der Waals surface area contributed by atoms with Gasteiger partial charge >= 0.3 is 0 Å². The Bertz CT molecular complexity index is 941. The summed E-state index contributed by atoms with van der Waals surface area (Å²) in [6.45, 7) is 0. The number of nitrogens with zero attached hydrogens (tertiary/aromatic N) is 2. The van der Waals surface area contributed by atoms with Crippen LogP contribution < -0.4 is 10.3 Å². The molecule has 2 amide bonds. The van der Waals surface area contributed by atoms with E-state index in [0.29, 0.717) is 29.7 Å². The van der Waals surface area contributed by atoms with Gasteiger partial charge in [-0.05, 0) is 53.7 Å². The van der Waals surface area contributed by atoms with E-state index in [1.165, 1.54) is 15.5 Å². The van der Waals surface area contributed by atoms with Gasteiger partial charge in [0, 0.05) is 25.4 Å². The molecule has 1 fully saturated rings. The third-order valence-electron chi connectivity index (χ3n) is 5.27. The molecule has 2 aliphatic rings. The first-order chi connectivity index (χ1) is 13.0. The van der Waals surface area contributed by atoms with Gasteiger partial charge in [0.05, 0.1) is 21.7 Å². The van der Waals surface area contributed by atoms with Crippen LogP contribution in [-0.2, 0) is 7.05 Å². The number of hydrogen-bond donors (Lipinski definition) is 0. The lowest BCUT2D eigenvalue weighted by atomic mass is 9.92. The number of imide groups is 1. The zero-order chi connectivity index (χ0) is 19.1. The predicted molar refractivity (Wildman–Crippen MR) is 103 cm³/mol. The summed E-state index contributed by atoms with van der Waals surface area (Å²) >= 11 is 3.42. The molecule has 140 valence electrons. The minimum atomic E-state index is -0.200. The van der Waals surface area contributed by atoms with Crippen LogP contribution in [-0.4, -0.2) is 33.4 Å². The van der Waals surface area contributed by atoms with Crippen molar-refractivity contribution >= 4 is 27.7 Å². The fourth-order valence-electron chi connectivity index (χ4n) is 3.81. The Balaban J connectivity index is 1.43. The molecule has 1 saturated carbocycles. The van der Waals surface area contributed by atoms with Crippen LogP contribution >= 0.6 is 15.9 Å². The van der Waals surface area contributed by atoms with Crippen molar-refractivity contribution < 1.29 is 14.3 Å². The number of pyridine rings is 1. The predicted octanol–water partition coefficient (Wildman–Crippen LogP) is 3.13. The van der Waals surface area contributed by atoms with Crippen molar-refractivity contribution in [2.75, 3.05) is 0 Å². The highest BCUT2D eigenvalue weighted by atomic mass is 79.9. The third kappa shape index (κ3) is 3.20. The Morgan fingerprint density at radius 3 is 2.19 bits per heavy atom. The van der Waals surface area contributed by atoms with Crippen LogP contribution in [0.25, 0.3) is 0 Å². The molecule has 4 rings (SSSR count). The fraction of sp³-hybridized carbons (Fsp3) is 0.350. The maximum absolute atomic E-state index is 12.6. The van der Waals surface area contributed by atoms with Gasteiger partial charge in [-0.3, -0.25) is 19.3 Å². The normalized spacial score (nSPS) is 22.1. The maximum Gasteiger partial charge on any atom is 0.261 e. The lowest BCUT2D eigenvalue weighted by molar-refractivity contribution is 0.0477. The number of ether oxygens (including phenoxy) is 1. The second kappa shape index (κ2) is 6.96. The molecule has 7 heteroatoms. The third-order valence-corrected chi connectivity index (χ3v) is 5.87. The average molecular weight is 431 g/mol. The van der Waals surface area contributed by atoms with Crippen molar-refractivity contribution in [1.29, 1.82) is 0 Å². The van der Waals surface area contributed by atoms with E-state index in [9.17, 15) is 14.4 Å². The summed E-state index contributed by atoms with van der Waals surface area (Å²) in [5.41, 5.74) is 0.850. The zero-order valence-corrected chi connectivity index (χ0v) is 16.4. The number of hydrogen-bond acceptors (Lipinski definition) is 4. The Morgan fingerprint density at radius 2 is 1.59 bits per heavy atom. The molecule has 0 saturated heterocycles. The minimum absolute atomic E-state index is 0.0418. The Morgan fingerprint density at radius 1 is 1.00 bits per heavy atom. The van der Waals surface area contributed by atoms with E-state index >= 15 is 0 Å². The second-order valence-corrected chi connectivity index (χ2v) is 7.86. The average Bonchev–Trinajstić information content (AvgIpc) is 2.92. The molecular weight excluding hydrogens is 412 g/mol. The van der Waals surface area contributed by atoms with E-state index in [4.69, 9.17) is 4.74 Å². The first-order valence-corrected chi connectivity index (χ1v) is 9.74. The number of carbonyl (C=O) groups excluding carboxylic acids is 2. The minimum Gasteiger partial charge on any atom is -0.489 e. The molecule has 0 N–H and O–H groups in total. The van der Waals surface area contributed by atoms with Crippen molar-refractivity contribution in [1.82, 2.24) is 9.47 Å². The number of benzene rings is 1. The highest BCUT2D eigenvalue weighted by Gasteiger charge is 2.41. The molecule has 1 aliphatic carbocycles. The Labute approximate surface area is 164 Å². The first kappa shape index (κ1) is 18.0. The molecular formula is C20H19BrN2O4. The van der Waals surface area contributed by atoms with Crippen LogP contribution in [0.3, 0.4) is 0 Å². The molecule has 0 radical (unpaired) electrons. The largest absolute Gasteiger partial charge is 0.489 e. The standard InChI is InChI=1S/C20H19BrN2O4/c1-22-11-16(21)17(10-18(22)24)27-13-8-6-12(7-9-13)23-19(25)14-4-2-3-5-15(14)20(23)26/h2-5,10-13H,6-9H2,1H3/t12-,13-. The topological polar surface area (TPSA) is 68.6 Å². The lowest BCUT2D eigenvalue weighted by Crippen LogP contribution is -2.43. The molecule has 1 aliphatic heterocycles. The summed E-state index contributed by atoms with van der Waals surface area (Å²) in [5.74, 6) is 0.130. The van der Waals surface area contributed by atoms with Crippen LogP contribution in [0, 0.1) is 0 Å². The smallest absolute Gasteiger partial charge is 0.261 e. The van der Waals surface area contributed by atoms with E-state index in [1.807, 2.05) is 0 Å². The van der Waals surface area contributed by atoms with E-state index < -0.39 is 0 Å². The molecule has 0 unspecified atom stereocenters. The van der Waals surface area contributed by atoms with Crippen LogP contribution in [0.2, 0.25) is 0 Å². The van der Waals surface area contributed by atoms with Gasteiger partial charge < -0.3 is 9.30 Å². The van der Waals surface area contributed by atoms with E-state index in [2.05, 4.69) is 15.9 Å². The number of aromatic nitrogens is 1. The number of halogens is 1. The van der Waals surface area contributed by atoms with E-state index in [0.717, 1.165) is 17.3 Å². The van der Waals surface area contributed by atoms with Crippen molar-refractivity contribution in [3.8, 4) is 5.75 Å². The van der Waals surface area contributed by atoms with Crippen molar-refractivity contribution in [2.24, 2.45) is 7.05 Å². The highest BCUT2D eigenvalue weighted by Crippen LogP contribution is 2.33. The zero-order valence-electron chi connectivity index (χ0n) is 14.9. The van der Waals surface area contributed by atoms with Gasteiger partial charge in [0.1, 0.15) is 5.75 Å². The fourth-order valence-corrected chi connectivity index (χ4v) is 4.33. The SMILES string of the molecule is Cn1cc(Br)c(O[C@H]2CC[C@H](N3C(=O)c4ccccc4C3=O)CC2)cc1=O. The van der Waals surface area contributed by atoms with E-state index in [-0.39, 0.29) is 29.5 Å². The molecule has 2 heterocycles. The summed E-state index contributed by atoms with van der Waals surface area (Å²) in [5, 5.41) is 0. The lowest BCUT2D eigenvalue weighted by Gasteiger charge is -2.33. The van der Waals surface area contributed by atoms with Crippen LogP contribution in [0.1, 0.15) is 46.4 Å². The van der Waals surface area contributed by atoms with Gasteiger partial charge in [-0.1, -0.05) is 12.1 Å². The monoisotopic (exact) mass is 430 g/mol. The number of amides is 2. The van der Waals surface area contributed by atoms with E-state index in [1.54, 1.807) is 37.5 Å². The first-order valence-electron chi connectivity index (χ1n) is 8.95. The van der Waals surface area contributed by atoms with Crippen LogP contribution in [0.5, 0.6) is 5.75 Å². The van der Waals surface area contributed by atoms with Gasteiger partial charge in [0.15, 0.2) is 0 Å². The van der Waals surface area contributed by atoms with Gasteiger partial charge in [0.25, 0.3) is 17.4 Å². The molecule has 0 atom stereocenters. The van der Waals surface area contributed by atoms with Gasteiger partial charge in [-0.2, -0.15) is 0 Å². The molecule has 6 nitrogen and oxygen atoms in total. The number of carbonyl (C=O) groups is 2. The summed E-state index contributed by atoms with van der Waals surface area (Å²) in [4.78, 5) is 38.5. The molecule has 2 aromatic rings. The Kier molecular flexibility index (Phi) is 4.63. The van der Waals surface area contributed by atoms with Crippen LogP contribution in [0.4, 0.5) is 0 Å². The number of aryl methyl sites for hydroxylation is 1. The number of fused-ring (bicyclic) bond motifs is 1. The van der Waals surface area contributed by atoms with Gasteiger partial charge in [0.2, 0.25) is 0 Å². The summed E-state index contributed by atoms with van der Waals surface area (Å²) < 4.78 is 8.21. The van der Waals surface area contributed by atoms with Crippen molar-refractivity contribution in [3.05, 3.63) is 62.5 Å². The summed E-state index contributed by atoms with van der Waals surface area (Å²) in [6, 6.07) is 8.33. The quantitative estimate of drug-likeness (QED) is 0.701. The molecule has 1 aromatic heterocycles. The number of rotatable bonds is 3. The summed E-state index contributed by atoms with van der Waals surface area (Å²) in [7, 11) is 1.68. The molecule has 1 aromatic carbocycles. The van der Waals surface area contributed by atoms with Crippen molar-refractivity contribution in [3.63, 3.8) is 0 Å². The highest BCUT2D eigenvalue weighted by molar-refractivity contribution is 9.10. The maximum atomic E-state index is 12.6. The second-order valence-electron chi connectivity index (χ2n) is 7.01.